The number of benzene rings is 2. The molecule has 3 nitrogen and oxygen atoms in total. The molecule has 2 aromatic rings. The maximum atomic E-state index is 14.6. The van der Waals surface area contributed by atoms with Gasteiger partial charge in [0.1, 0.15) is 5.82 Å². The molecule has 2 atom stereocenters. The number of likely N-dealkylation sites (tertiary alicyclic amines) is 1. The molecule has 2 aromatic carbocycles. The van der Waals surface area contributed by atoms with Crippen LogP contribution in [0.15, 0.2) is 42.5 Å². The largest absolute Gasteiger partial charge is 0.393 e. The van der Waals surface area contributed by atoms with Crippen LogP contribution < -0.4 is 0 Å². The average molecular weight is 341 g/mol. The van der Waals surface area contributed by atoms with E-state index in [1.165, 1.54) is 6.07 Å². The summed E-state index contributed by atoms with van der Waals surface area (Å²) < 4.78 is 14.6. The lowest BCUT2D eigenvalue weighted by Gasteiger charge is -2.34. The normalized spacial score (nSPS) is 18.9. The zero-order chi connectivity index (χ0) is 18.0. The summed E-state index contributed by atoms with van der Waals surface area (Å²) >= 11 is 0. The zero-order valence-corrected chi connectivity index (χ0v) is 14.7. The third kappa shape index (κ3) is 3.90. The van der Waals surface area contributed by atoms with E-state index in [1.807, 2.05) is 31.2 Å². The maximum absolute atomic E-state index is 14.6. The van der Waals surface area contributed by atoms with Crippen LogP contribution in [0.2, 0.25) is 0 Å². The fourth-order valence-electron chi connectivity index (χ4n) is 3.37. The van der Waals surface area contributed by atoms with Crippen LogP contribution in [0.3, 0.4) is 0 Å². The number of aliphatic hydroxyl groups is 1. The standard InChI is InChI=1S/C21H24FNO2/c1-14-5-7-16(8-6-14)17-9-10-19(20(22)12-17)21(25)23-11-3-4-18(13-23)15(2)24/h5-10,12,15,18,24H,3-4,11,13H2,1-2H3. The number of carbonyl (C=O) groups excluding carboxylic acids is 1. The van der Waals surface area contributed by atoms with Crippen LogP contribution in [0, 0.1) is 18.7 Å². The molecule has 1 amide bonds. The molecule has 0 aliphatic carbocycles. The van der Waals surface area contributed by atoms with E-state index >= 15 is 0 Å². The number of hydrogen-bond acceptors (Lipinski definition) is 2. The van der Waals surface area contributed by atoms with Gasteiger partial charge in [0, 0.05) is 19.0 Å². The summed E-state index contributed by atoms with van der Waals surface area (Å²) in [5.74, 6) is -0.729. The van der Waals surface area contributed by atoms with Crippen LogP contribution >= 0.6 is 0 Å². The number of nitrogens with zero attached hydrogens (tertiary/aromatic N) is 1. The van der Waals surface area contributed by atoms with E-state index in [-0.39, 0.29) is 17.4 Å². The topological polar surface area (TPSA) is 40.5 Å². The van der Waals surface area contributed by atoms with E-state index in [1.54, 1.807) is 24.0 Å². The molecule has 132 valence electrons. The summed E-state index contributed by atoms with van der Waals surface area (Å²) in [6.45, 7) is 4.84. The Balaban J connectivity index is 1.80. The highest BCUT2D eigenvalue weighted by Crippen LogP contribution is 2.25. The zero-order valence-electron chi connectivity index (χ0n) is 14.7. The molecule has 1 aliphatic rings. The van der Waals surface area contributed by atoms with Gasteiger partial charge in [-0.3, -0.25) is 4.79 Å². The van der Waals surface area contributed by atoms with E-state index in [9.17, 15) is 14.3 Å². The van der Waals surface area contributed by atoms with Gasteiger partial charge in [0.25, 0.3) is 5.91 Å². The highest BCUT2D eigenvalue weighted by molar-refractivity contribution is 5.95. The molecule has 0 saturated carbocycles. The van der Waals surface area contributed by atoms with Gasteiger partial charge in [-0.2, -0.15) is 0 Å². The van der Waals surface area contributed by atoms with Crippen molar-refractivity contribution in [1.29, 1.82) is 0 Å². The summed E-state index contributed by atoms with van der Waals surface area (Å²) in [7, 11) is 0. The smallest absolute Gasteiger partial charge is 0.256 e. The monoisotopic (exact) mass is 341 g/mol. The second kappa shape index (κ2) is 7.36. The molecule has 3 rings (SSSR count). The van der Waals surface area contributed by atoms with Crippen molar-refractivity contribution in [2.24, 2.45) is 5.92 Å². The Bertz CT molecular complexity index is 755. The van der Waals surface area contributed by atoms with E-state index in [4.69, 9.17) is 0 Å². The second-order valence-electron chi connectivity index (χ2n) is 6.95. The molecule has 0 spiro atoms. The third-order valence-corrected chi connectivity index (χ3v) is 5.01. The molecule has 25 heavy (non-hydrogen) atoms. The Morgan fingerprint density at radius 1 is 1.20 bits per heavy atom. The van der Waals surface area contributed by atoms with Crippen molar-refractivity contribution in [2.45, 2.75) is 32.8 Å². The van der Waals surface area contributed by atoms with Crippen LogP contribution in [0.1, 0.15) is 35.7 Å². The fraction of sp³-hybridized carbons (Fsp3) is 0.381. The van der Waals surface area contributed by atoms with Crippen LogP contribution in [-0.2, 0) is 0 Å². The van der Waals surface area contributed by atoms with Crippen molar-refractivity contribution in [3.8, 4) is 11.1 Å². The van der Waals surface area contributed by atoms with E-state index in [2.05, 4.69) is 0 Å². The fourth-order valence-corrected chi connectivity index (χ4v) is 3.37. The predicted molar refractivity (Wildman–Crippen MR) is 96.9 cm³/mol. The van der Waals surface area contributed by atoms with Crippen molar-refractivity contribution in [3.63, 3.8) is 0 Å². The second-order valence-corrected chi connectivity index (χ2v) is 6.95. The lowest BCUT2D eigenvalue weighted by Crippen LogP contribution is -2.43. The van der Waals surface area contributed by atoms with Gasteiger partial charge in [-0.15, -0.1) is 0 Å². The van der Waals surface area contributed by atoms with Gasteiger partial charge in [-0.25, -0.2) is 4.39 Å². The van der Waals surface area contributed by atoms with E-state index in [0.717, 1.165) is 29.5 Å². The van der Waals surface area contributed by atoms with Gasteiger partial charge in [0.2, 0.25) is 0 Å². The number of hydrogen-bond donors (Lipinski definition) is 1. The molecule has 1 heterocycles. The molecule has 4 heteroatoms. The molecule has 2 unspecified atom stereocenters. The number of halogens is 1. The number of piperidine rings is 1. The Morgan fingerprint density at radius 2 is 1.88 bits per heavy atom. The number of aliphatic hydroxyl groups excluding tert-OH is 1. The van der Waals surface area contributed by atoms with E-state index in [0.29, 0.717) is 13.1 Å². The van der Waals surface area contributed by atoms with Gasteiger partial charge in [-0.1, -0.05) is 35.9 Å². The van der Waals surface area contributed by atoms with Crippen LogP contribution in [-0.4, -0.2) is 35.1 Å². The van der Waals surface area contributed by atoms with Gasteiger partial charge in [0.15, 0.2) is 0 Å². The molecular formula is C21H24FNO2. The van der Waals surface area contributed by atoms with Crippen molar-refractivity contribution in [3.05, 3.63) is 59.4 Å². The average Bonchev–Trinajstić information content (AvgIpc) is 2.62. The predicted octanol–water partition coefficient (Wildman–Crippen LogP) is 4.03. The third-order valence-electron chi connectivity index (χ3n) is 5.01. The summed E-state index contributed by atoms with van der Waals surface area (Å²) in [5, 5.41) is 9.77. The molecule has 0 aromatic heterocycles. The Labute approximate surface area is 148 Å². The lowest BCUT2D eigenvalue weighted by molar-refractivity contribution is 0.0463. The summed E-state index contributed by atoms with van der Waals surface area (Å²) in [5.41, 5.74) is 2.93. The first-order valence-corrected chi connectivity index (χ1v) is 8.79. The quantitative estimate of drug-likeness (QED) is 0.915. The number of carbonyl (C=O) groups is 1. The van der Waals surface area contributed by atoms with Gasteiger partial charge < -0.3 is 10.0 Å². The van der Waals surface area contributed by atoms with E-state index < -0.39 is 11.9 Å². The van der Waals surface area contributed by atoms with Gasteiger partial charge in [0.05, 0.1) is 11.7 Å². The Kier molecular flexibility index (Phi) is 5.19. The van der Waals surface area contributed by atoms with Crippen molar-refractivity contribution >= 4 is 5.91 Å². The van der Waals surface area contributed by atoms with Crippen LogP contribution in [0.4, 0.5) is 4.39 Å². The summed E-state index contributed by atoms with van der Waals surface area (Å²) in [4.78, 5) is 14.3. The molecule has 0 radical (unpaired) electrons. The number of aryl methyl sites for hydroxylation is 1. The van der Waals surface area contributed by atoms with Gasteiger partial charge >= 0.3 is 0 Å². The Hall–Kier alpha value is -2.20. The minimum atomic E-state index is -0.498. The van der Waals surface area contributed by atoms with Crippen LogP contribution in [0.5, 0.6) is 0 Å². The maximum Gasteiger partial charge on any atom is 0.256 e. The van der Waals surface area contributed by atoms with Gasteiger partial charge in [-0.05, 0) is 49.9 Å². The first-order valence-electron chi connectivity index (χ1n) is 8.79. The van der Waals surface area contributed by atoms with Crippen molar-refractivity contribution in [1.82, 2.24) is 4.90 Å². The minimum Gasteiger partial charge on any atom is -0.393 e. The van der Waals surface area contributed by atoms with Crippen molar-refractivity contribution < 1.29 is 14.3 Å². The Morgan fingerprint density at radius 3 is 2.52 bits per heavy atom. The molecule has 1 aliphatic heterocycles. The summed E-state index contributed by atoms with van der Waals surface area (Å²) in [6, 6.07) is 12.6. The number of amides is 1. The lowest BCUT2D eigenvalue weighted by atomic mass is 9.93. The highest BCUT2D eigenvalue weighted by Gasteiger charge is 2.28. The minimum absolute atomic E-state index is 0.0626. The first-order chi connectivity index (χ1) is 12.0. The molecule has 1 N–H and O–H groups in total. The SMILES string of the molecule is Cc1ccc(-c2ccc(C(=O)N3CCCC(C(C)O)C3)c(F)c2)cc1. The molecular weight excluding hydrogens is 317 g/mol. The highest BCUT2D eigenvalue weighted by atomic mass is 19.1. The molecule has 1 saturated heterocycles. The molecule has 0 bridgehead atoms. The van der Waals surface area contributed by atoms with Crippen molar-refractivity contribution in [2.75, 3.05) is 13.1 Å². The first kappa shape index (κ1) is 17.6. The van der Waals surface area contributed by atoms with Crippen LogP contribution in [0.25, 0.3) is 11.1 Å². The number of rotatable bonds is 3. The molecule has 1 fully saturated rings. The summed E-state index contributed by atoms with van der Waals surface area (Å²) in [6.07, 6.45) is 1.28.